The van der Waals surface area contributed by atoms with E-state index in [0.29, 0.717) is 13.2 Å². The average Bonchev–Trinajstić information content (AvgIpc) is 2.50. The van der Waals surface area contributed by atoms with Crippen LogP contribution in [0.3, 0.4) is 0 Å². The molecular weight excluding hydrogens is 266 g/mol. The largest absolute Gasteiger partial charge is 0.491 e. The number of fused-ring (bicyclic) bond motifs is 1. The number of hydrogen-bond donors (Lipinski definition) is 2. The van der Waals surface area contributed by atoms with E-state index in [0.717, 1.165) is 37.9 Å². The Labute approximate surface area is 127 Å². The Balaban J connectivity index is 1.79. The Hall–Kier alpha value is -1.10. The summed E-state index contributed by atoms with van der Waals surface area (Å²) in [6.45, 7) is 3.38. The van der Waals surface area contributed by atoms with Gasteiger partial charge in [-0.3, -0.25) is 0 Å². The highest BCUT2D eigenvalue weighted by Crippen LogP contribution is 2.30. The smallest absolute Gasteiger partial charge is 0.119 e. The van der Waals surface area contributed by atoms with Crippen LogP contribution in [0.25, 0.3) is 0 Å². The number of aliphatic hydroxyl groups is 1. The van der Waals surface area contributed by atoms with Crippen molar-refractivity contribution in [2.45, 2.75) is 51.2 Å². The zero-order chi connectivity index (χ0) is 15.1. The van der Waals surface area contributed by atoms with Crippen LogP contribution in [-0.2, 0) is 11.2 Å². The van der Waals surface area contributed by atoms with E-state index in [1.165, 1.54) is 11.1 Å². The van der Waals surface area contributed by atoms with E-state index < -0.39 is 6.10 Å². The van der Waals surface area contributed by atoms with Gasteiger partial charge in [-0.1, -0.05) is 19.4 Å². The number of aryl methyl sites for hydroxylation is 1. The fourth-order valence-corrected chi connectivity index (χ4v) is 2.61. The van der Waals surface area contributed by atoms with Crippen LogP contribution in [0, 0.1) is 0 Å². The molecule has 0 radical (unpaired) electrons. The summed E-state index contributed by atoms with van der Waals surface area (Å²) >= 11 is 0. The van der Waals surface area contributed by atoms with Gasteiger partial charge < -0.3 is 20.3 Å². The van der Waals surface area contributed by atoms with E-state index in [9.17, 15) is 5.11 Å². The third-order valence-electron chi connectivity index (χ3n) is 3.87. The lowest BCUT2D eigenvalue weighted by molar-refractivity contribution is 0.0113. The van der Waals surface area contributed by atoms with Crippen molar-refractivity contribution in [3.05, 3.63) is 29.3 Å². The fraction of sp³-hybridized carbons (Fsp3) is 0.647. The first-order valence-electron chi connectivity index (χ1n) is 7.97. The Morgan fingerprint density at radius 3 is 3.05 bits per heavy atom. The number of rotatable bonds is 8. The minimum Gasteiger partial charge on any atom is -0.491 e. The zero-order valence-corrected chi connectivity index (χ0v) is 12.9. The number of aliphatic hydroxyl groups excluding tert-OH is 1. The molecule has 1 aromatic rings. The molecule has 0 saturated heterocycles. The van der Waals surface area contributed by atoms with Crippen molar-refractivity contribution < 1.29 is 14.6 Å². The second kappa shape index (κ2) is 8.37. The molecule has 0 amide bonds. The fourth-order valence-electron chi connectivity index (χ4n) is 2.61. The molecule has 0 saturated carbocycles. The highest BCUT2D eigenvalue weighted by Gasteiger charge is 2.17. The van der Waals surface area contributed by atoms with E-state index in [-0.39, 0.29) is 12.6 Å². The van der Waals surface area contributed by atoms with Crippen molar-refractivity contribution in [2.75, 3.05) is 19.8 Å². The third-order valence-corrected chi connectivity index (χ3v) is 3.87. The van der Waals surface area contributed by atoms with Gasteiger partial charge in [0.1, 0.15) is 18.5 Å². The SMILES string of the molecule is CCCCOCC(O)COc1ccc2c(c1)C(N)CCC2. The topological polar surface area (TPSA) is 64.7 Å². The summed E-state index contributed by atoms with van der Waals surface area (Å²) in [5.41, 5.74) is 8.65. The normalized spacial score (nSPS) is 19.1. The van der Waals surface area contributed by atoms with Gasteiger partial charge in [-0.2, -0.15) is 0 Å². The van der Waals surface area contributed by atoms with Gasteiger partial charge in [-0.15, -0.1) is 0 Å². The molecule has 2 rings (SSSR count). The molecule has 2 atom stereocenters. The minimum absolute atomic E-state index is 0.111. The van der Waals surface area contributed by atoms with Crippen molar-refractivity contribution in [2.24, 2.45) is 5.73 Å². The van der Waals surface area contributed by atoms with Gasteiger partial charge in [0.05, 0.1) is 6.61 Å². The lowest BCUT2D eigenvalue weighted by Gasteiger charge is -2.23. The molecule has 3 N–H and O–H groups in total. The van der Waals surface area contributed by atoms with Crippen LogP contribution in [-0.4, -0.2) is 31.0 Å². The van der Waals surface area contributed by atoms with Crippen LogP contribution in [0.4, 0.5) is 0 Å². The summed E-state index contributed by atoms with van der Waals surface area (Å²) in [5.74, 6) is 0.777. The first-order chi connectivity index (χ1) is 10.2. The standard InChI is InChI=1S/C17H27NO3/c1-2-3-9-20-11-14(19)12-21-15-8-7-13-5-4-6-17(18)16(13)10-15/h7-8,10,14,17,19H,2-6,9,11-12,18H2,1H3. The molecule has 2 unspecified atom stereocenters. The highest BCUT2D eigenvalue weighted by molar-refractivity contribution is 5.39. The molecule has 0 aliphatic heterocycles. The molecule has 0 spiro atoms. The minimum atomic E-state index is -0.591. The van der Waals surface area contributed by atoms with E-state index in [1.54, 1.807) is 0 Å². The second-order valence-electron chi connectivity index (χ2n) is 5.75. The molecule has 4 heteroatoms. The van der Waals surface area contributed by atoms with Crippen molar-refractivity contribution in [1.82, 2.24) is 0 Å². The number of benzene rings is 1. The lowest BCUT2D eigenvalue weighted by Crippen LogP contribution is -2.24. The molecule has 0 aromatic heterocycles. The first-order valence-corrected chi connectivity index (χ1v) is 7.97. The predicted octanol–water partition coefficient (Wildman–Crippen LogP) is 2.58. The van der Waals surface area contributed by atoms with Crippen LogP contribution < -0.4 is 10.5 Å². The Morgan fingerprint density at radius 2 is 2.24 bits per heavy atom. The molecule has 1 aliphatic carbocycles. The van der Waals surface area contributed by atoms with Gasteiger partial charge in [0, 0.05) is 12.6 Å². The van der Waals surface area contributed by atoms with Crippen LogP contribution in [0.2, 0.25) is 0 Å². The maximum atomic E-state index is 9.83. The van der Waals surface area contributed by atoms with Gasteiger partial charge >= 0.3 is 0 Å². The van der Waals surface area contributed by atoms with Crippen LogP contribution >= 0.6 is 0 Å². The first kappa shape index (κ1) is 16.3. The second-order valence-corrected chi connectivity index (χ2v) is 5.75. The molecule has 1 aliphatic rings. The van der Waals surface area contributed by atoms with Crippen LogP contribution in [0.1, 0.15) is 49.8 Å². The quantitative estimate of drug-likeness (QED) is 0.723. The molecule has 0 bridgehead atoms. The maximum Gasteiger partial charge on any atom is 0.119 e. The molecule has 1 aromatic carbocycles. The monoisotopic (exact) mass is 293 g/mol. The van der Waals surface area contributed by atoms with E-state index in [2.05, 4.69) is 13.0 Å². The summed E-state index contributed by atoms with van der Waals surface area (Å²) in [4.78, 5) is 0. The third kappa shape index (κ3) is 4.99. The Bertz CT molecular complexity index is 436. The molecule has 0 heterocycles. The van der Waals surface area contributed by atoms with E-state index in [1.807, 2.05) is 12.1 Å². The Morgan fingerprint density at radius 1 is 1.38 bits per heavy atom. The zero-order valence-electron chi connectivity index (χ0n) is 12.9. The van der Waals surface area contributed by atoms with Crippen molar-refractivity contribution in [3.63, 3.8) is 0 Å². The molecule has 0 fully saturated rings. The number of ether oxygens (including phenoxy) is 2. The van der Waals surface area contributed by atoms with Gasteiger partial charge in [-0.25, -0.2) is 0 Å². The molecule has 4 nitrogen and oxygen atoms in total. The van der Waals surface area contributed by atoms with Gasteiger partial charge in [0.15, 0.2) is 0 Å². The number of hydrogen-bond acceptors (Lipinski definition) is 4. The van der Waals surface area contributed by atoms with Gasteiger partial charge in [-0.05, 0) is 48.9 Å². The summed E-state index contributed by atoms with van der Waals surface area (Å²) < 4.78 is 11.0. The van der Waals surface area contributed by atoms with Crippen molar-refractivity contribution >= 4 is 0 Å². The summed E-state index contributed by atoms with van der Waals surface area (Å²) in [6, 6.07) is 6.18. The molecule has 118 valence electrons. The van der Waals surface area contributed by atoms with Gasteiger partial charge in [0.25, 0.3) is 0 Å². The van der Waals surface area contributed by atoms with Crippen LogP contribution in [0.5, 0.6) is 5.75 Å². The summed E-state index contributed by atoms with van der Waals surface area (Å²) in [6.07, 6.45) is 4.81. The van der Waals surface area contributed by atoms with E-state index >= 15 is 0 Å². The predicted molar refractivity (Wildman–Crippen MR) is 83.5 cm³/mol. The highest BCUT2D eigenvalue weighted by atomic mass is 16.5. The molecule has 21 heavy (non-hydrogen) atoms. The van der Waals surface area contributed by atoms with Crippen molar-refractivity contribution in [3.8, 4) is 5.75 Å². The Kier molecular flexibility index (Phi) is 6.49. The lowest BCUT2D eigenvalue weighted by atomic mass is 9.88. The summed E-state index contributed by atoms with van der Waals surface area (Å²) in [7, 11) is 0. The van der Waals surface area contributed by atoms with Crippen LogP contribution in [0.15, 0.2) is 18.2 Å². The maximum absolute atomic E-state index is 9.83. The number of unbranched alkanes of at least 4 members (excludes halogenated alkanes) is 1. The number of nitrogens with two attached hydrogens (primary N) is 1. The van der Waals surface area contributed by atoms with E-state index in [4.69, 9.17) is 15.2 Å². The van der Waals surface area contributed by atoms with Gasteiger partial charge in [0.2, 0.25) is 0 Å². The summed E-state index contributed by atoms with van der Waals surface area (Å²) in [5, 5.41) is 9.83. The van der Waals surface area contributed by atoms with Crippen molar-refractivity contribution in [1.29, 1.82) is 0 Å². The average molecular weight is 293 g/mol. The molecular formula is C17H27NO3.